The number of rotatable bonds is 4. The standard InChI is InChI=1S/C13H20N4O3S/c1-3-20-13(19)17-8-6-16(7-9-17)11(18)10-21-12-14-4-5-15(12)2/h4-5H,3,6-10H2,1-2H3. The molecule has 1 saturated heterocycles. The maximum atomic E-state index is 12.1. The Hall–Kier alpha value is -1.70. The molecule has 1 aromatic heterocycles. The minimum atomic E-state index is -0.299. The first-order valence-electron chi connectivity index (χ1n) is 6.91. The van der Waals surface area contributed by atoms with E-state index in [-0.39, 0.29) is 12.0 Å². The average Bonchev–Trinajstić information content (AvgIpc) is 2.90. The number of aromatic nitrogens is 2. The molecule has 0 spiro atoms. The molecule has 1 fully saturated rings. The summed E-state index contributed by atoms with van der Waals surface area (Å²) in [7, 11) is 1.90. The zero-order chi connectivity index (χ0) is 15.2. The zero-order valence-corrected chi connectivity index (χ0v) is 13.1. The average molecular weight is 312 g/mol. The van der Waals surface area contributed by atoms with E-state index in [2.05, 4.69) is 4.98 Å². The monoisotopic (exact) mass is 312 g/mol. The molecule has 0 N–H and O–H groups in total. The van der Waals surface area contributed by atoms with E-state index >= 15 is 0 Å². The lowest BCUT2D eigenvalue weighted by Gasteiger charge is -2.34. The van der Waals surface area contributed by atoms with E-state index in [1.807, 2.05) is 17.8 Å². The number of hydrogen-bond acceptors (Lipinski definition) is 5. The predicted octanol–water partition coefficient (Wildman–Crippen LogP) is 0.813. The van der Waals surface area contributed by atoms with Crippen LogP contribution in [0, 0.1) is 0 Å². The second kappa shape index (κ2) is 7.35. The van der Waals surface area contributed by atoms with Crippen molar-refractivity contribution in [3.63, 3.8) is 0 Å². The molecule has 21 heavy (non-hydrogen) atoms. The summed E-state index contributed by atoms with van der Waals surface area (Å²) in [4.78, 5) is 31.3. The van der Waals surface area contributed by atoms with Crippen molar-refractivity contribution in [2.24, 2.45) is 7.05 Å². The van der Waals surface area contributed by atoms with Gasteiger partial charge in [0, 0.05) is 45.6 Å². The Kier molecular flexibility index (Phi) is 5.49. The van der Waals surface area contributed by atoms with Crippen LogP contribution in [0.4, 0.5) is 4.79 Å². The normalized spacial score (nSPS) is 15.1. The van der Waals surface area contributed by atoms with Gasteiger partial charge in [-0.1, -0.05) is 11.8 Å². The van der Waals surface area contributed by atoms with Crippen molar-refractivity contribution in [3.05, 3.63) is 12.4 Å². The lowest BCUT2D eigenvalue weighted by molar-refractivity contribution is -0.129. The third kappa shape index (κ3) is 4.13. The van der Waals surface area contributed by atoms with E-state index < -0.39 is 0 Å². The minimum absolute atomic E-state index is 0.0755. The van der Waals surface area contributed by atoms with Gasteiger partial charge in [0.1, 0.15) is 0 Å². The van der Waals surface area contributed by atoms with Gasteiger partial charge in [-0.05, 0) is 6.92 Å². The number of thioether (sulfide) groups is 1. The van der Waals surface area contributed by atoms with Crippen LogP contribution >= 0.6 is 11.8 Å². The number of carbonyl (C=O) groups excluding carboxylic acids is 2. The highest BCUT2D eigenvalue weighted by molar-refractivity contribution is 7.99. The quantitative estimate of drug-likeness (QED) is 0.770. The van der Waals surface area contributed by atoms with Crippen molar-refractivity contribution in [2.75, 3.05) is 38.5 Å². The first kappa shape index (κ1) is 15.7. The highest BCUT2D eigenvalue weighted by atomic mass is 32.2. The van der Waals surface area contributed by atoms with Crippen molar-refractivity contribution in [3.8, 4) is 0 Å². The largest absolute Gasteiger partial charge is 0.450 e. The maximum Gasteiger partial charge on any atom is 0.409 e. The fourth-order valence-corrected chi connectivity index (χ4v) is 2.90. The van der Waals surface area contributed by atoms with Crippen LogP contribution in [0.3, 0.4) is 0 Å². The summed E-state index contributed by atoms with van der Waals surface area (Å²) in [6.45, 7) is 4.32. The van der Waals surface area contributed by atoms with Gasteiger partial charge in [0.25, 0.3) is 0 Å². The third-order valence-corrected chi connectivity index (χ3v) is 4.30. The van der Waals surface area contributed by atoms with Crippen LogP contribution in [-0.2, 0) is 16.6 Å². The molecule has 1 aromatic rings. The number of hydrogen-bond donors (Lipinski definition) is 0. The molecule has 0 saturated carbocycles. The van der Waals surface area contributed by atoms with Gasteiger partial charge in [-0.25, -0.2) is 9.78 Å². The Labute approximate surface area is 128 Å². The Morgan fingerprint density at radius 3 is 2.52 bits per heavy atom. The van der Waals surface area contributed by atoms with Crippen molar-refractivity contribution in [1.82, 2.24) is 19.4 Å². The Balaban J connectivity index is 1.75. The van der Waals surface area contributed by atoms with Gasteiger partial charge < -0.3 is 19.1 Å². The molecule has 2 rings (SSSR count). The SMILES string of the molecule is CCOC(=O)N1CCN(C(=O)CSc2nccn2C)CC1. The van der Waals surface area contributed by atoms with Gasteiger partial charge in [-0.3, -0.25) is 4.79 Å². The minimum Gasteiger partial charge on any atom is -0.450 e. The number of aryl methyl sites for hydroxylation is 1. The molecule has 116 valence electrons. The smallest absolute Gasteiger partial charge is 0.409 e. The summed E-state index contributed by atoms with van der Waals surface area (Å²) in [5.41, 5.74) is 0. The summed E-state index contributed by atoms with van der Waals surface area (Å²) in [5, 5.41) is 0.827. The number of imidazole rings is 1. The second-order valence-electron chi connectivity index (χ2n) is 4.68. The van der Waals surface area contributed by atoms with E-state index in [0.717, 1.165) is 5.16 Å². The molecule has 0 atom stereocenters. The molecule has 0 aliphatic carbocycles. The van der Waals surface area contributed by atoms with Gasteiger partial charge in [-0.2, -0.15) is 0 Å². The van der Waals surface area contributed by atoms with Crippen molar-refractivity contribution < 1.29 is 14.3 Å². The van der Waals surface area contributed by atoms with Gasteiger partial charge in [0.2, 0.25) is 5.91 Å². The predicted molar refractivity (Wildman–Crippen MR) is 79.1 cm³/mol. The first-order chi connectivity index (χ1) is 10.1. The van der Waals surface area contributed by atoms with Crippen molar-refractivity contribution in [1.29, 1.82) is 0 Å². The molecular weight excluding hydrogens is 292 g/mol. The number of amides is 2. The summed E-state index contributed by atoms with van der Waals surface area (Å²) >= 11 is 1.43. The van der Waals surface area contributed by atoms with Crippen LogP contribution in [0.25, 0.3) is 0 Å². The molecular formula is C13H20N4O3S. The molecule has 1 aliphatic heterocycles. The van der Waals surface area contributed by atoms with Crippen LogP contribution in [0.1, 0.15) is 6.92 Å². The molecule has 2 heterocycles. The Morgan fingerprint density at radius 1 is 1.29 bits per heavy atom. The van der Waals surface area contributed by atoms with Gasteiger partial charge >= 0.3 is 6.09 Å². The van der Waals surface area contributed by atoms with Crippen LogP contribution in [0.2, 0.25) is 0 Å². The van der Waals surface area contributed by atoms with E-state index in [0.29, 0.717) is 38.5 Å². The highest BCUT2D eigenvalue weighted by Crippen LogP contribution is 2.15. The maximum absolute atomic E-state index is 12.1. The van der Waals surface area contributed by atoms with E-state index in [4.69, 9.17) is 4.74 Å². The van der Waals surface area contributed by atoms with Crippen molar-refractivity contribution >= 4 is 23.8 Å². The lowest BCUT2D eigenvalue weighted by atomic mass is 10.3. The van der Waals surface area contributed by atoms with Crippen LogP contribution in [-0.4, -0.2) is 69.9 Å². The summed E-state index contributed by atoms with van der Waals surface area (Å²) < 4.78 is 6.84. The second-order valence-corrected chi connectivity index (χ2v) is 5.62. The molecule has 1 aliphatic rings. The molecule has 0 unspecified atom stereocenters. The summed E-state index contributed by atoms with van der Waals surface area (Å²) in [5.74, 6) is 0.441. The number of piperazine rings is 1. The molecule has 2 amide bonds. The molecule has 0 aromatic carbocycles. The van der Waals surface area contributed by atoms with E-state index in [1.54, 1.807) is 22.9 Å². The third-order valence-electron chi connectivity index (χ3n) is 3.26. The van der Waals surface area contributed by atoms with Gasteiger partial charge in [0.05, 0.1) is 12.4 Å². The fourth-order valence-electron chi connectivity index (χ4n) is 2.06. The topological polar surface area (TPSA) is 67.7 Å². The summed E-state index contributed by atoms with van der Waals surface area (Å²) in [6.07, 6.45) is 3.27. The van der Waals surface area contributed by atoms with Crippen LogP contribution in [0.5, 0.6) is 0 Å². The highest BCUT2D eigenvalue weighted by Gasteiger charge is 2.24. The van der Waals surface area contributed by atoms with Gasteiger partial charge in [-0.15, -0.1) is 0 Å². The Morgan fingerprint density at radius 2 is 1.95 bits per heavy atom. The van der Waals surface area contributed by atoms with Crippen LogP contribution < -0.4 is 0 Å². The van der Waals surface area contributed by atoms with E-state index in [1.165, 1.54) is 11.8 Å². The van der Waals surface area contributed by atoms with Gasteiger partial charge in [0.15, 0.2) is 5.16 Å². The van der Waals surface area contributed by atoms with E-state index in [9.17, 15) is 9.59 Å². The zero-order valence-electron chi connectivity index (χ0n) is 12.3. The van der Waals surface area contributed by atoms with Crippen LogP contribution in [0.15, 0.2) is 17.6 Å². The fraction of sp³-hybridized carbons (Fsp3) is 0.615. The molecule has 7 nitrogen and oxygen atoms in total. The summed E-state index contributed by atoms with van der Waals surface area (Å²) in [6, 6.07) is 0. The Bertz CT molecular complexity index is 497. The molecule has 0 radical (unpaired) electrons. The number of carbonyl (C=O) groups is 2. The molecule has 0 bridgehead atoms. The van der Waals surface area contributed by atoms with Crippen molar-refractivity contribution in [2.45, 2.75) is 12.1 Å². The first-order valence-corrected chi connectivity index (χ1v) is 7.90. The number of nitrogens with zero attached hydrogens (tertiary/aromatic N) is 4. The number of ether oxygens (including phenoxy) is 1. The molecule has 8 heteroatoms. The lowest BCUT2D eigenvalue weighted by Crippen LogP contribution is -2.51.